The zero-order chi connectivity index (χ0) is 24.0. The van der Waals surface area contributed by atoms with E-state index in [0.717, 1.165) is 11.1 Å². The van der Waals surface area contributed by atoms with E-state index in [1.807, 2.05) is 55.5 Å². The van der Waals surface area contributed by atoms with Gasteiger partial charge in [-0.2, -0.15) is 0 Å². The number of anilines is 1. The van der Waals surface area contributed by atoms with Gasteiger partial charge in [-0.05, 0) is 42.8 Å². The number of carbonyl (C=O) groups is 2. The number of aryl methyl sites for hydroxylation is 1. The summed E-state index contributed by atoms with van der Waals surface area (Å²) < 4.78 is 5.18. The number of carbonyl (C=O) groups excluding carboxylic acids is 2. The largest absolute Gasteiger partial charge is 0.507 e. The number of imidazole rings is 1. The molecule has 2 N–H and O–H groups in total. The van der Waals surface area contributed by atoms with Gasteiger partial charge in [0.15, 0.2) is 0 Å². The minimum absolute atomic E-state index is 0.0442. The summed E-state index contributed by atoms with van der Waals surface area (Å²) in [5.74, 6) is -1.27. The molecule has 1 atom stereocenters. The van der Waals surface area contributed by atoms with E-state index in [1.54, 1.807) is 12.1 Å². The topological polar surface area (TPSA) is 95.5 Å². The van der Waals surface area contributed by atoms with Crippen molar-refractivity contribution >= 4 is 46.0 Å². The summed E-state index contributed by atoms with van der Waals surface area (Å²) >= 11 is 6.25. The highest BCUT2D eigenvalue weighted by Gasteiger charge is 2.48. The Balaban J connectivity index is 1.73. The van der Waals surface area contributed by atoms with Gasteiger partial charge in [-0.15, -0.1) is 0 Å². The number of nitrogens with one attached hydrogen (secondary N) is 1. The molecule has 4 aromatic rings. The van der Waals surface area contributed by atoms with E-state index in [9.17, 15) is 14.7 Å². The fourth-order valence-corrected chi connectivity index (χ4v) is 4.49. The first-order chi connectivity index (χ1) is 16.4. The number of amides is 1. The highest BCUT2D eigenvalue weighted by molar-refractivity contribution is 6.51. The lowest BCUT2D eigenvalue weighted by atomic mass is 9.94. The molecule has 7 nitrogen and oxygen atoms in total. The fraction of sp³-hybridized carbons (Fsp3) is 0.115. The van der Waals surface area contributed by atoms with Crippen molar-refractivity contribution in [2.45, 2.75) is 13.0 Å². The second kappa shape index (κ2) is 8.35. The Morgan fingerprint density at radius 3 is 2.59 bits per heavy atom. The third-order valence-electron chi connectivity index (χ3n) is 5.83. The van der Waals surface area contributed by atoms with Crippen molar-refractivity contribution < 1.29 is 19.4 Å². The van der Waals surface area contributed by atoms with Crippen LogP contribution < -0.4 is 9.64 Å². The summed E-state index contributed by atoms with van der Waals surface area (Å²) in [4.78, 5) is 35.5. The lowest BCUT2D eigenvalue weighted by Crippen LogP contribution is -2.30. The van der Waals surface area contributed by atoms with Gasteiger partial charge in [-0.3, -0.25) is 14.5 Å². The molecule has 170 valence electrons. The Morgan fingerprint density at radius 2 is 1.88 bits per heavy atom. The van der Waals surface area contributed by atoms with Crippen molar-refractivity contribution in [3.63, 3.8) is 0 Å². The van der Waals surface area contributed by atoms with Gasteiger partial charge < -0.3 is 14.8 Å². The van der Waals surface area contributed by atoms with E-state index >= 15 is 0 Å². The number of para-hydroxylation sites is 2. The molecule has 2 heterocycles. The molecule has 3 aromatic carbocycles. The molecule has 1 amide bonds. The number of H-pyrrole nitrogens is 1. The van der Waals surface area contributed by atoms with Crippen molar-refractivity contribution in [2.24, 2.45) is 0 Å². The van der Waals surface area contributed by atoms with E-state index in [4.69, 9.17) is 16.3 Å². The van der Waals surface area contributed by atoms with E-state index in [1.165, 1.54) is 18.1 Å². The second-order valence-electron chi connectivity index (χ2n) is 8.01. The van der Waals surface area contributed by atoms with Crippen LogP contribution in [0.1, 0.15) is 22.7 Å². The monoisotopic (exact) mass is 473 g/mol. The van der Waals surface area contributed by atoms with Crippen molar-refractivity contribution in [2.75, 3.05) is 12.0 Å². The number of hydrogen-bond donors (Lipinski definition) is 2. The van der Waals surface area contributed by atoms with Crippen LogP contribution in [0.25, 0.3) is 16.8 Å². The van der Waals surface area contributed by atoms with Gasteiger partial charge in [0.2, 0.25) is 5.95 Å². The first kappa shape index (κ1) is 21.7. The normalized spacial score (nSPS) is 17.5. The molecular weight excluding hydrogens is 454 g/mol. The summed E-state index contributed by atoms with van der Waals surface area (Å²) in [6.07, 6.45) is 0. The minimum atomic E-state index is -0.888. The maximum absolute atomic E-state index is 13.3. The molecule has 1 aliphatic rings. The Morgan fingerprint density at radius 1 is 1.09 bits per heavy atom. The number of Topliss-reactive ketones (excluding diaryl/α,β-unsaturated/α-hetero) is 1. The van der Waals surface area contributed by atoms with E-state index in [0.29, 0.717) is 22.4 Å². The summed E-state index contributed by atoms with van der Waals surface area (Å²) in [6.45, 7) is 1.92. The molecule has 5 rings (SSSR count). The van der Waals surface area contributed by atoms with E-state index in [-0.39, 0.29) is 22.3 Å². The molecule has 0 bridgehead atoms. The Kier molecular flexibility index (Phi) is 5.34. The average molecular weight is 474 g/mol. The first-order valence-electron chi connectivity index (χ1n) is 10.5. The molecule has 1 saturated heterocycles. The number of aromatic amines is 1. The van der Waals surface area contributed by atoms with Crippen LogP contribution in [0.4, 0.5) is 5.95 Å². The van der Waals surface area contributed by atoms with Gasteiger partial charge in [0.25, 0.3) is 5.78 Å². The van der Waals surface area contributed by atoms with Crippen LogP contribution in [0.15, 0.2) is 72.3 Å². The maximum atomic E-state index is 13.3. The van der Waals surface area contributed by atoms with E-state index in [2.05, 4.69) is 9.97 Å². The molecule has 1 aromatic heterocycles. The summed E-state index contributed by atoms with van der Waals surface area (Å²) in [5, 5.41) is 11.5. The molecule has 0 aliphatic carbocycles. The third-order valence-corrected chi connectivity index (χ3v) is 6.13. The summed E-state index contributed by atoms with van der Waals surface area (Å²) in [6, 6.07) is 18.6. The predicted octanol–water partition coefficient (Wildman–Crippen LogP) is 5.16. The predicted molar refractivity (Wildman–Crippen MR) is 130 cm³/mol. The smallest absolute Gasteiger partial charge is 0.302 e. The molecule has 1 aliphatic heterocycles. The maximum Gasteiger partial charge on any atom is 0.302 e. The van der Waals surface area contributed by atoms with Crippen LogP contribution in [0.3, 0.4) is 0 Å². The van der Waals surface area contributed by atoms with Gasteiger partial charge in [0.1, 0.15) is 11.5 Å². The number of hydrogen-bond acceptors (Lipinski definition) is 5. The standard InChI is InChI=1S/C26H20ClN3O4/c1-14-6-5-7-15(12-14)22-21(23(31)16-10-11-20(34-2)17(27)13-16)24(32)25(33)30(22)26-28-18-8-3-4-9-19(18)29-26/h3-13,22,31H,1-2H3,(H,28,29)/b23-21+. The van der Waals surface area contributed by atoms with Crippen LogP contribution in [0.5, 0.6) is 5.75 Å². The third kappa shape index (κ3) is 3.50. The summed E-state index contributed by atoms with van der Waals surface area (Å²) in [7, 11) is 1.48. The lowest BCUT2D eigenvalue weighted by Gasteiger charge is -2.23. The zero-order valence-corrected chi connectivity index (χ0v) is 19.1. The Labute approximate surface area is 200 Å². The molecule has 1 unspecified atom stereocenters. The Hall–Kier alpha value is -4.10. The average Bonchev–Trinajstić information content (AvgIpc) is 3.37. The number of fused-ring (bicyclic) bond motifs is 1. The number of aliphatic hydroxyl groups excluding tert-OH is 1. The highest BCUT2D eigenvalue weighted by atomic mass is 35.5. The Bertz CT molecular complexity index is 1460. The molecule has 0 saturated carbocycles. The molecule has 34 heavy (non-hydrogen) atoms. The summed E-state index contributed by atoms with van der Waals surface area (Å²) in [5.41, 5.74) is 3.25. The van der Waals surface area contributed by atoms with Gasteiger partial charge in [-0.1, -0.05) is 53.6 Å². The molecule has 0 radical (unpaired) electrons. The van der Waals surface area contributed by atoms with E-state index < -0.39 is 17.7 Å². The van der Waals surface area contributed by atoms with Crippen molar-refractivity contribution in [3.05, 3.63) is 94.0 Å². The van der Waals surface area contributed by atoms with Crippen molar-refractivity contribution in [1.29, 1.82) is 0 Å². The van der Waals surface area contributed by atoms with Crippen molar-refractivity contribution in [1.82, 2.24) is 9.97 Å². The minimum Gasteiger partial charge on any atom is -0.507 e. The number of rotatable bonds is 4. The highest BCUT2D eigenvalue weighted by Crippen LogP contribution is 2.42. The molecule has 0 spiro atoms. The van der Waals surface area contributed by atoms with Gasteiger partial charge in [0, 0.05) is 5.56 Å². The number of nitrogens with zero attached hydrogens (tertiary/aromatic N) is 2. The molecule has 1 fully saturated rings. The van der Waals surface area contributed by atoms with Gasteiger partial charge in [0.05, 0.1) is 34.8 Å². The quantitative estimate of drug-likeness (QED) is 0.242. The van der Waals surface area contributed by atoms with Crippen molar-refractivity contribution in [3.8, 4) is 5.75 Å². The van der Waals surface area contributed by atoms with Crippen LogP contribution >= 0.6 is 11.6 Å². The number of ketones is 1. The van der Waals surface area contributed by atoms with Crippen LogP contribution in [-0.2, 0) is 9.59 Å². The lowest BCUT2D eigenvalue weighted by molar-refractivity contribution is -0.132. The number of aliphatic hydroxyl groups is 1. The number of aromatic nitrogens is 2. The second-order valence-corrected chi connectivity index (χ2v) is 8.42. The van der Waals surface area contributed by atoms with Crippen LogP contribution in [0, 0.1) is 6.92 Å². The van der Waals surface area contributed by atoms with Crippen LogP contribution in [0.2, 0.25) is 5.02 Å². The number of halogens is 1. The fourth-order valence-electron chi connectivity index (χ4n) is 4.23. The number of ether oxygens (including phenoxy) is 1. The SMILES string of the molecule is COc1ccc(/C(O)=C2\C(=O)C(=O)N(c3nc4ccccc4[nH]3)C2c2cccc(C)c2)cc1Cl. The number of benzene rings is 3. The first-order valence-corrected chi connectivity index (χ1v) is 10.9. The van der Waals surface area contributed by atoms with Gasteiger partial charge >= 0.3 is 5.91 Å². The zero-order valence-electron chi connectivity index (χ0n) is 18.4. The molecular formula is C26H20ClN3O4. The van der Waals surface area contributed by atoms with Gasteiger partial charge in [-0.25, -0.2) is 4.98 Å². The van der Waals surface area contributed by atoms with Crippen LogP contribution in [-0.4, -0.2) is 33.9 Å². The molecule has 8 heteroatoms. The number of methoxy groups -OCH3 is 1.